The third-order valence-corrected chi connectivity index (χ3v) is 5.38. The molecule has 1 atom stereocenters. The highest BCUT2D eigenvalue weighted by molar-refractivity contribution is 5.75. The van der Waals surface area contributed by atoms with E-state index in [9.17, 15) is 0 Å². The smallest absolute Gasteiger partial charge is 0.161 e. The van der Waals surface area contributed by atoms with Gasteiger partial charge in [-0.25, -0.2) is 4.98 Å². The standard InChI is InChI=1S/C21H25N3O2/c1-23-18-8-5-4-7-16(18)22-21(23)14-24-12-6-9-17(24)15-10-11-19(25-2)20(13-15)26-3/h4-5,7-8,10-11,13,17H,6,9,12,14H2,1-3H3/t17-/m0/s1. The number of hydrogen-bond donors (Lipinski definition) is 0. The Morgan fingerprint density at radius 1 is 1.08 bits per heavy atom. The number of imidazole rings is 1. The van der Waals surface area contributed by atoms with Crippen LogP contribution in [0.25, 0.3) is 11.0 Å². The van der Waals surface area contributed by atoms with Crippen molar-refractivity contribution in [1.29, 1.82) is 0 Å². The minimum atomic E-state index is 0.384. The first-order valence-corrected chi connectivity index (χ1v) is 9.07. The molecule has 1 aromatic heterocycles. The summed E-state index contributed by atoms with van der Waals surface area (Å²) in [6.45, 7) is 1.94. The predicted molar refractivity (Wildman–Crippen MR) is 103 cm³/mol. The quantitative estimate of drug-likeness (QED) is 0.698. The lowest BCUT2D eigenvalue weighted by molar-refractivity contribution is 0.239. The maximum atomic E-state index is 5.49. The predicted octanol–water partition coefficient (Wildman–Crippen LogP) is 3.93. The molecule has 2 heterocycles. The van der Waals surface area contributed by atoms with E-state index in [4.69, 9.17) is 14.5 Å². The van der Waals surface area contributed by atoms with Crippen LogP contribution < -0.4 is 9.47 Å². The monoisotopic (exact) mass is 351 g/mol. The fourth-order valence-electron chi connectivity index (χ4n) is 3.97. The fraction of sp³-hybridized carbons (Fsp3) is 0.381. The van der Waals surface area contributed by atoms with Gasteiger partial charge in [0.15, 0.2) is 11.5 Å². The lowest BCUT2D eigenvalue weighted by Crippen LogP contribution is -2.24. The Bertz CT molecular complexity index is 919. The molecule has 0 unspecified atom stereocenters. The first kappa shape index (κ1) is 16.9. The normalized spacial score (nSPS) is 17.7. The van der Waals surface area contributed by atoms with Gasteiger partial charge in [0.05, 0.1) is 31.8 Å². The summed E-state index contributed by atoms with van der Waals surface area (Å²) in [7, 11) is 5.46. The molecule has 0 N–H and O–H groups in total. The molecule has 0 spiro atoms. The number of para-hydroxylation sites is 2. The topological polar surface area (TPSA) is 39.5 Å². The molecule has 0 saturated carbocycles. The molecule has 5 heteroatoms. The van der Waals surface area contributed by atoms with Crippen LogP contribution in [-0.2, 0) is 13.6 Å². The average Bonchev–Trinajstić information content (AvgIpc) is 3.26. The molecule has 0 amide bonds. The largest absolute Gasteiger partial charge is 0.493 e. The van der Waals surface area contributed by atoms with E-state index in [0.29, 0.717) is 6.04 Å². The van der Waals surface area contributed by atoms with Crippen molar-refractivity contribution in [3.05, 3.63) is 53.9 Å². The number of hydrogen-bond acceptors (Lipinski definition) is 4. The summed E-state index contributed by atoms with van der Waals surface area (Å²) in [5.74, 6) is 2.68. The van der Waals surface area contributed by atoms with E-state index in [-0.39, 0.29) is 0 Å². The van der Waals surface area contributed by atoms with Crippen LogP contribution in [0.4, 0.5) is 0 Å². The first-order valence-electron chi connectivity index (χ1n) is 9.07. The SMILES string of the molecule is COc1ccc([C@@H]2CCCN2Cc2nc3ccccc3n2C)cc1OC. The number of nitrogens with zero attached hydrogens (tertiary/aromatic N) is 3. The Morgan fingerprint density at radius 3 is 2.65 bits per heavy atom. The Labute approximate surface area is 154 Å². The number of aryl methyl sites for hydroxylation is 1. The molecule has 136 valence electrons. The van der Waals surface area contributed by atoms with E-state index in [0.717, 1.165) is 42.4 Å². The van der Waals surface area contributed by atoms with E-state index in [2.05, 4.69) is 46.8 Å². The summed E-state index contributed by atoms with van der Waals surface area (Å²) in [6.07, 6.45) is 2.35. The summed E-state index contributed by atoms with van der Waals surface area (Å²) >= 11 is 0. The van der Waals surface area contributed by atoms with Gasteiger partial charge in [0.25, 0.3) is 0 Å². The number of rotatable bonds is 5. The number of methoxy groups -OCH3 is 2. The molecular formula is C21H25N3O2. The zero-order chi connectivity index (χ0) is 18.1. The fourth-order valence-corrected chi connectivity index (χ4v) is 3.97. The van der Waals surface area contributed by atoms with E-state index in [1.165, 1.54) is 17.5 Å². The second kappa shape index (κ2) is 7.00. The summed E-state index contributed by atoms with van der Waals surface area (Å²) in [4.78, 5) is 7.36. The van der Waals surface area contributed by atoms with Gasteiger partial charge in [-0.15, -0.1) is 0 Å². The molecule has 1 aliphatic heterocycles. The third kappa shape index (κ3) is 2.92. The van der Waals surface area contributed by atoms with Crippen molar-refractivity contribution in [2.45, 2.75) is 25.4 Å². The summed E-state index contributed by atoms with van der Waals surface area (Å²) in [5.41, 5.74) is 3.52. The first-order chi connectivity index (χ1) is 12.7. The number of benzene rings is 2. The summed E-state index contributed by atoms with van der Waals surface area (Å²) < 4.78 is 13.1. The highest BCUT2D eigenvalue weighted by Crippen LogP contribution is 2.37. The van der Waals surface area contributed by atoms with Crippen molar-refractivity contribution >= 4 is 11.0 Å². The second-order valence-electron chi connectivity index (χ2n) is 6.82. The molecule has 2 aromatic carbocycles. The molecule has 0 aliphatic carbocycles. The van der Waals surface area contributed by atoms with Crippen molar-refractivity contribution in [2.75, 3.05) is 20.8 Å². The van der Waals surface area contributed by atoms with Crippen LogP contribution in [0, 0.1) is 0 Å². The zero-order valence-electron chi connectivity index (χ0n) is 15.6. The molecule has 1 fully saturated rings. The highest BCUT2D eigenvalue weighted by atomic mass is 16.5. The molecule has 5 nitrogen and oxygen atoms in total. The highest BCUT2D eigenvalue weighted by Gasteiger charge is 2.28. The van der Waals surface area contributed by atoms with Crippen LogP contribution in [0.3, 0.4) is 0 Å². The summed E-state index contributed by atoms with van der Waals surface area (Å²) in [6, 6.07) is 15.0. The minimum absolute atomic E-state index is 0.384. The van der Waals surface area contributed by atoms with Gasteiger partial charge < -0.3 is 14.0 Å². The molecular weight excluding hydrogens is 326 g/mol. The minimum Gasteiger partial charge on any atom is -0.493 e. The molecule has 0 bridgehead atoms. The maximum absolute atomic E-state index is 5.49. The van der Waals surface area contributed by atoms with Gasteiger partial charge >= 0.3 is 0 Å². The molecule has 3 aromatic rings. The number of likely N-dealkylation sites (tertiary alicyclic amines) is 1. The Morgan fingerprint density at radius 2 is 1.88 bits per heavy atom. The van der Waals surface area contributed by atoms with Crippen LogP contribution in [0.1, 0.15) is 30.3 Å². The number of aromatic nitrogens is 2. The number of ether oxygens (including phenoxy) is 2. The molecule has 26 heavy (non-hydrogen) atoms. The molecule has 1 saturated heterocycles. The van der Waals surface area contributed by atoms with Crippen molar-refractivity contribution in [1.82, 2.24) is 14.5 Å². The van der Waals surface area contributed by atoms with Crippen molar-refractivity contribution in [3.8, 4) is 11.5 Å². The van der Waals surface area contributed by atoms with Crippen molar-refractivity contribution in [3.63, 3.8) is 0 Å². The maximum Gasteiger partial charge on any atom is 0.161 e. The van der Waals surface area contributed by atoms with Gasteiger partial charge in [0.2, 0.25) is 0 Å². The third-order valence-electron chi connectivity index (χ3n) is 5.38. The van der Waals surface area contributed by atoms with Crippen molar-refractivity contribution in [2.24, 2.45) is 7.05 Å². The molecule has 1 aliphatic rings. The lowest BCUT2D eigenvalue weighted by Gasteiger charge is -2.25. The summed E-state index contributed by atoms with van der Waals surface area (Å²) in [5, 5.41) is 0. The van der Waals surface area contributed by atoms with Gasteiger partial charge in [0.1, 0.15) is 5.82 Å². The van der Waals surface area contributed by atoms with E-state index >= 15 is 0 Å². The Balaban J connectivity index is 1.61. The van der Waals surface area contributed by atoms with Gasteiger partial charge in [-0.3, -0.25) is 4.90 Å². The molecule has 0 radical (unpaired) electrons. The Kier molecular flexibility index (Phi) is 4.55. The Hall–Kier alpha value is -2.53. The van der Waals surface area contributed by atoms with E-state index in [1.54, 1.807) is 14.2 Å². The zero-order valence-corrected chi connectivity index (χ0v) is 15.6. The van der Waals surface area contributed by atoms with E-state index in [1.807, 2.05) is 12.1 Å². The van der Waals surface area contributed by atoms with Gasteiger partial charge in [-0.2, -0.15) is 0 Å². The van der Waals surface area contributed by atoms with Gasteiger partial charge in [0, 0.05) is 13.1 Å². The lowest BCUT2D eigenvalue weighted by atomic mass is 10.0. The second-order valence-corrected chi connectivity index (χ2v) is 6.82. The van der Waals surface area contributed by atoms with Gasteiger partial charge in [-0.1, -0.05) is 18.2 Å². The van der Waals surface area contributed by atoms with Crippen LogP contribution in [0.15, 0.2) is 42.5 Å². The van der Waals surface area contributed by atoms with Crippen LogP contribution >= 0.6 is 0 Å². The van der Waals surface area contributed by atoms with Crippen LogP contribution in [-0.4, -0.2) is 35.2 Å². The number of fused-ring (bicyclic) bond motifs is 1. The van der Waals surface area contributed by atoms with Crippen LogP contribution in [0.2, 0.25) is 0 Å². The molecule has 4 rings (SSSR count). The average molecular weight is 351 g/mol. The van der Waals surface area contributed by atoms with Crippen molar-refractivity contribution < 1.29 is 9.47 Å². The van der Waals surface area contributed by atoms with Crippen LogP contribution in [0.5, 0.6) is 11.5 Å². The van der Waals surface area contributed by atoms with E-state index < -0.39 is 0 Å². The van der Waals surface area contributed by atoms with Gasteiger partial charge in [-0.05, 0) is 49.2 Å².